The Bertz CT molecular complexity index is 2200. The topological polar surface area (TPSA) is 466 Å². The Morgan fingerprint density at radius 3 is 1.42 bits per heavy atom. The van der Waals surface area contributed by atoms with Gasteiger partial charge in [-0.25, -0.2) is 4.79 Å². The summed E-state index contributed by atoms with van der Waals surface area (Å²) in [6.45, 7) is 10.6. The van der Waals surface area contributed by atoms with Crippen molar-refractivity contribution in [2.75, 3.05) is 13.1 Å². The van der Waals surface area contributed by atoms with E-state index in [0.29, 0.717) is 31.4 Å². The van der Waals surface area contributed by atoms with Crippen molar-refractivity contribution in [1.82, 2.24) is 42.5 Å². The summed E-state index contributed by atoms with van der Waals surface area (Å²) in [6, 6.07) is -4.81. The van der Waals surface area contributed by atoms with Crippen LogP contribution in [-0.2, 0) is 64.0 Å². The first-order chi connectivity index (χ1) is 37.1. The zero-order valence-electron chi connectivity index (χ0n) is 46.2. The first kappa shape index (κ1) is 69.8. The molecule has 10 atom stereocenters. The van der Waals surface area contributed by atoms with Crippen LogP contribution in [0.25, 0.3) is 0 Å². The number of unbranched alkanes of at least 4 members (excludes halogenated alkanes) is 2. The molecule has 0 spiro atoms. The fraction of sp³-hybridized carbons (Fsp3) is 0.654. The molecule has 0 aliphatic rings. The molecule has 0 aliphatic heterocycles. The first-order valence-corrected chi connectivity index (χ1v) is 26.7. The molecule has 0 radical (unpaired) electrons. The molecule has 444 valence electrons. The number of primary amides is 1. The molecule has 1 aromatic carbocycles. The van der Waals surface area contributed by atoms with E-state index in [1.165, 1.54) is 0 Å². The van der Waals surface area contributed by atoms with Gasteiger partial charge in [-0.1, -0.05) is 78.3 Å². The third kappa shape index (κ3) is 27.3. The molecule has 27 heteroatoms. The van der Waals surface area contributed by atoms with E-state index >= 15 is 0 Å². The van der Waals surface area contributed by atoms with Crippen LogP contribution in [0, 0.1) is 17.8 Å². The SMILES string of the molecule is CC[C@H](C)[C@H](NC(=O)[C@H](CCC(=O)O)NC(=O)[C@H](CCC(N)=O)NC(=O)[C@@H](N)CC(C)C)C(=O)N[C@@H](CCCCN)C(=O)N[C@@H](CC(=O)O)C(=O)N[C@@H](Cc1ccccc1)C(=O)N[C@H](C(=O)N[C@@H](CCCCN)C(=O)O)C(C)C. The summed E-state index contributed by atoms with van der Waals surface area (Å²) in [7, 11) is 0. The standard InChI is InChI=1S/C52H86N12O15/c1-7-30(6)43(64-47(73)35(20-22-40(66)67)58-46(72)34(19-21-39(56)65)57-44(70)32(55)25-28(2)3)51(77)59-33(17-11-13-23-53)45(71)62-38(27-41(68)69)48(74)61-37(26-31-15-9-8-10-16-31)49(75)63-42(29(4)5)50(76)60-36(52(78)79)18-12-14-24-54/h8-10,15-16,28-30,32-38,42-43H,7,11-14,17-27,53-55H2,1-6H3,(H2,56,65)(H,57,70)(H,58,72)(H,59,77)(H,60,76)(H,61,74)(H,62,71)(H,63,75)(H,64,73)(H,66,67)(H,68,69)(H,78,79)/t30-,32-,33-,34-,35-,36-,37-,38-,42-,43-/m0/s1. The summed E-state index contributed by atoms with van der Waals surface area (Å²) in [5.74, 6) is -14.0. The lowest BCUT2D eigenvalue weighted by molar-refractivity contribution is -0.143. The number of rotatable bonds is 40. The molecule has 9 amide bonds. The van der Waals surface area contributed by atoms with Crippen molar-refractivity contribution in [2.24, 2.45) is 40.7 Å². The average Bonchev–Trinajstić information content (AvgIpc) is 3.37. The normalized spacial score (nSPS) is 15.0. The number of aliphatic carboxylic acids is 3. The van der Waals surface area contributed by atoms with E-state index in [1.807, 2.05) is 13.8 Å². The van der Waals surface area contributed by atoms with Crippen molar-refractivity contribution in [3.8, 4) is 0 Å². The van der Waals surface area contributed by atoms with Crippen LogP contribution >= 0.6 is 0 Å². The molecule has 0 fully saturated rings. The van der Waals surface area contributed by atoms with Gasteiger partial charge in [0.1, 0.15) is 48.3 Å². The van der Waals surface area contributed by atoms with Gasteiger partial charge in [-0.3, -0.25) is 52.7 Å². The van der Waals surface area contributed by atoms with Crippen LogP contribution < -0.4 is 65.5 Å². The van der Waals surface area contributed by atoms with Gasteiger partial charge in [-0.2, -0.15) is 0 Å². The second-order valence-corrected chi connectivity index (χ2v) is 20.3. The molecule has 79 heavy (non-hydrogen) atoms. The molecular formula is C52H86N12O15. The Hall–Kier alpha value is -7.26. The van der Waals surface area contributed by atoms with Gasteiger partial charge in [0.25, 0.3) is 0 Å². The predicted octanol–water partition coefficient (Wildman–Crippen LogP) is -1.87. The quantitative estimate of drug-likeness (QED) is 0.0320. The molecule has 0 saturated heterocycles. The highest BCUT2D eigenvalue weighted by molar-refractivity contribution is 5.99. The predicted molar refractivity (Wildman–Crippen MR) is 288 cm³/mol. The molecule has 0 bridgehead atoms. The fourth-order valence-corrected chi connectivity index (χ4v) is 8.02. The van der Waals surface area contributed by atoms with Gasteiger partial charge in [-0.15, -0.1) is 0 Å². The number of nitrogens with one attached hydrogen (secondary N) is 8. The van der Waals surface area contributed by atoms with Crippen LogP contribution in [0.4, 0.5) is 0 Å². The van der Waals surface area contributed by atoms with Crippen molar-refractivity contribution in [1.29, 1.82) is 0 Å². The minimum absolute atomic E-state index is 0.00515. The van der Waals surface area contributed by atoms with Gasteiger partial charge in [0, 0.05) is 19.3 Å². The number of hydrogen-bond acceptors (Lipinski definition) is 15. The van der Waals surface area contributed by atoms with Gasteiger partial charge in [0.15, 0.2) is 0 Å². The number of benzene rings is 1. The smallest absolute Gasteiger partial charge is 0.326 e. The van der Waals surface area contributed by atoms with Crippen LogP contribution in [-0.4, -0.2) is 154 Å². The number of nitrogens with two attached hydrogens (primary N) is 4. The molecule has 27 nitrogen and oxygen atoms in total. The number of carbonyl (C=O) groups is 12. The molecule has 1 rings (SSSR count). The molecule has 0 heterocycles. The maximum atomic E-state index is 14.3. The summed E-state index contributed by atoms with van der Waals surface area (Å²) >= 11 is 0. The number of carboxylic acid groups (broad SMARTS) is 3. The monoisotopic (exact) mass is 1120 g/mol. The summed E-state index contributed by atoms with van der Waals surface area (Å²) in [6.07, 6.45) is -1.18. The summed E-state index contributed by atoms with van der Waals surface area (Å²) < 4.78 is 0. The third-order valence-electron chi connectivity index (χ3n) is 12.8. The number of carbonyl (C=O) groups excluding carboxylic acids is 9. The van der Waals surface area contributed by atoms with E-state index in [1.54, 1.807) is 58.0 Å². The van der Waals surface area contributed by atoms with Gasteiger partial charge >= 0.3 is 17.9 Å². The lowest BCUT2D eigenvalue weighted by Crippen LogP contribution is -2.61. The Morgan fingerprint density at radius 1 is 0.494 bits per heavy atom. The molecular weight excluding hydrogens is 1030 g/mol. The first-order valence-electron chi connectivity index (χ1n) is 26.7. The van der Waals surface area contributed by atoms with Crippen LogP contribution in [0.1, 0.15) is 131 Å². The zero-order chi connectivity index (χ0) is 59.9. The van der Waals surface area contributed by atoms with Crippen molar-refractivity contribution in [2.45, 2.75) is 186 Å². The van der Waals surface area contributed by atoms with Crippen LogP contribution in [0.15, 0.2) is 30.3 Å². The van der Waals surface area contributed by atoms with E-state index in [2.05, 4.69) is 42.5 Å². The highest BCUT2D eigenvalue weighted by atomic mass is 16.4. The van der Waals surface area contributed by atoms with Crippen molar-refractivity contribution < 1.29 is 72.9 Å². The molecule has 0 aromatic heterocycles. The third-order valence-corrected chi connectivity index (χ3v) is 12.8. The van der Waals surface area contributed by atoms with E-state index in [4.69, 9.17) is 22.9 Å². The lowest BCUT2D eigenvalue weighted by Gasteiger charge is -2.30. The minimum atomic E-state index is -1.88. The van der Waals surface area contributed by atoms with E-state index < -0.39 is 157 Å². The Kier molecular flexibility index (Phi) is 32.5. The van der Waals surface area contributed by atoms with Crippen LogP contribution in [0.2, 0.25) is 0 Å². The number of carboxylic acids is 3. The number of hydrogen-bond donors (Lipinski definition) is 15. The Labute approximate surface area is 460 Å². The van der Waals surface area contributed by atoms with Gasteiger partial charge in [-0.05, 0) is 94.2 Å². The Balaban J connectivity index is 3.60. The maximum Gasteiger partial charge on any atom is 0.326 e. The maximum absolute atomic E-state index is 14.3. The van der Waals surface area contributed by atoms with E-state index in [-0.39, 0.29) is 63.8 Å². The molecule has 0 unspecified atom stereocenters. The zero-order valence-corrected chi connectivity index (χ0v) is 46.2. The molecule has 1 aromatic rings. The molecule has 0 aliphatic carbocycles. The van der Waals surface area contributed by atoms with Crippen molar-refractivity contribution in [3.63, 3.8) is 0 Å². The Morgan fingerprint density at radius 2 is 0.924 bits per heavy atom. The van der Waals surface area contributed by atoms with Crippen LogP contribution in [0.5, 0.6) is 0 Å². The highest BCUT2D eigenvalue weighted by Gasteiger charge is 2.37. The van der Waals surface area contributed by atoms with Gasteiger partial charge < -0.3 is 80.8 Å². The van der Waals surface area contributed by atoms with E-state index in [0.717, 1.165) is 0 Å². The highest BCUT2D eigenvalue weighted by Crippen LogP contribution is 2.14. The number of amides is 9. The second-order valence-electron chi connectivity index (χ2n) is 20.3. The lowest BCUT2D eigenvalue weighted by atomic mass is 9.96. The summed E-state index contributed by atoms with van der Waals surface area (Å²) in [5, 5.41) is 49.2. The van der Waals surface area contributed by atoms with Crippen LogP contribution in [0.3, 0.4) is 0 Å². The van der Waals surface area contributed by atoms with Crippen molar-refractivity contribution >= 4 is 71.1 Å². The van der Waals surface area contributed by atoms with Gasteiger partial charge in [0.05, 0.1) is 12.5 Å². The summed E-state index contributed by atoms with van der Waals surface area (Å²) in [4.78, 5) is 159. The average molecular weight is 1120 g/mol. The fourth-order valence-electron chi connectivity index (χ4n) is 8.02. The van der Waals surface area contributed by atoms with Gasteiger partial charge in [0.2, 0.25) is 53.2 Å². The van der Waals surface area contributed by atoms with E-state index in [9.17, 15) is 72.9 Å². The molecule has 19 N–H and O–H groups in total. The van der Waals surface area contributed by atoms with Crippen molar-refractivity contribution in [3.05, 3.63) is 35.9 Å². The largest absolute Gasteiger partial charge is 0.481 e. The minimum Gasteiger partial charge on any atom is -0.481 e. The molecule has 0 saturated carbocycles. The summed E-state index contributed by atoms with van der Waals surface area (Å²) in [5.41, 5.74) is 23.1. The second kappa shape index (κ2) is 36.8.